The number of hydrogen-bond donors (Lipinski definition) is 0. The van der Waals surface area contributed by atoms with Gasteiger partial charge in [-0.1, -0.05) is 12.8 Å². The van der Waals surface area contributed by atoms with Crippen LogP contribution in [0.4, 0.5) is 0 Å². The largest absolute Gasteiger partial charge is 4.00 e. The summed E-state index contributed by atoms with van der Waals surface area (Å²) in [5.74, 6) is 0.488. The molecule has 0 atom stereocenters. The molecule has 0 saturated heterocycles. The van der Waals surface area contributed by atoms with E-state index in [0.29, 0.717) is 5.92 Å². The molecule has 0 bridgehead atoms. The average molecular weight is 234 g/mol. The van der Waals surface area contributed by atoms with Gasteiger partial charge in [0, 0.05) is 0 Å². The van der Waals surface area contributed by atoms with E-state index in [4.69, 9.17) is 0 Å². The summed E-state index contributed by atoms with van der Waals surface area (Å²) in [6, 6.07) is 0. The van der Waals surface area contributed by atoms with Crippen molar-refractivity contribution >= 4 is 0 Å². The van der Waals surface area contributed by atoms with Crippen molar-refractivity contribution in [2.24, 2.45) is 5.92 Å². The summed E-state index contributed by atoms with van der Waals surface area (Å²) in [6.07, 6.45) is 17.3. The fourth-order valence-corrected chi connectivity index (χ4v) is 1.61. The molecule has 0 aromatic rings. The van der Waals surface area contributed by atoms with Crippen LogP contribution in [0, 0.1) is 32.9 Å². The summed E-state index contributed by atoms with van der Waals surface area (Å²) in [7, 11) is 0. The van der Waals surface area contributed by atoms with Crippen molar-refractivity contribution in [1.82, 2.24) is 0 Å². The van der Waals surface area contributed by atoms with Crippen LogP contribution in [0.15, 0.2) is 35.5 Å². The predicted octanol–water partition coefficient (Wildman–Crippen LogP) is 3.90. The fourth-order valence-electron chi connectivity index (χ4n) is 1.61. The molecule has 2 aliphatic rings. The zero-order chi connectivity index (χ0) is 8.39. The average Bonchev–Trinajstić information content (AvgIpc) is 2.77. The molecule has 0 amide bonds. The molecule has 0 saturated carbocycles. The van der Waals surface area contributed by atoms with Crippen LogP contribution in [0.2, 0.25) is 0 Å². The Kier molecular flexibility index (Phi) is 9.00. The van der Waals surface area contributed by atoms with Crippen LogP contribution in [-0.4, -0.2) is 0 Å². The summed E-state index contributed by atoms with van der Waals surface area (Å²) in [6.45, 7) is 2.22. The molecular weight excluding hydrogens is 216 g/mol. The summed E-state index contributed by atoms with van der Waals surface area (Å²) in [5, 5.41) is 0. The van der Waals surface area contributed by atoms with Gasteiger partial charge in [-0.05, 0) is 0 Å². The van der Waals surface area contributed by atoms with Gasteiger partial charge in [0.05, 0.1) is 0 Å². The Balaban J connectivity index is 0. The Hall–Kier alpha value is -0.326. The second-order valence-corrected chi connectivity index (χ2v) is 3.20. The molecule has 0 N–H and O–H groups in total. The van der Waals surface area contributed by atoms with E-state index in [9.17, 15) is 0 Å². The molecule has 0 unspecified atom stereocenters. The Bertz CT molecular complexity index is 262. The van der Waals surface area contributed by atoms with Crippen LogP contribution in [0.5, 0.6) is 0 Å². The van der Waals surface area contributed by atoms with Crippen LogP contribution >= 0.6 is 0 Å². The molecule has 0 nitrogen and oxygen atoms in total. The standard InChI is InChI=1S/C12H12.2CH3.Ti/c1-10(11-6-2-3-7-11)12-8-4-5-9-12;;;/h2,4,6,8,10H,3,5H2,1H3;2*1H3;/q-2;2*-1;+4. The fraction of sp³-hybridized carbons (Fsp3) is 0.286. The van der Waals surface area contributed by atoms with Crippen molar-refractivity contribution in [3.8, 4) is 0 Å². The van der Waals surface area contributed by atoms with Gasteiger partial charge in [0.1, 0.15) is 0 Å². The molecule has 0 fully saturated rings. The number of allylic oxidation sites excluding steroid dienone is 8. The minimum atomic E-state index is 0. The van der Waals surface area contributed by atoms with Crippen LogP contribution in [0.25, 0.3) is 0 Å². The van der Waals surface area contributed by atoms with Crippen molar-refractivity contribution in [3.63, 3.8) is 0 Å². The molecule has 0 spiro atoms. The molecule has 1 heteroatoms. The predicted molar refractivity (Wildman–Crippen MR) is 63.0 cm³/mol. The third kappa shape index (κ3) is 3.97. The van der Waals surface area contributed by atoms with Crippen LogP contribution in [-0.2, 0) is 21.7 Å². The molecule has 78 valence electrons. The van der Waals surface area contributed by atoms with E-state index in [-0.39, 0.29) is 36.6 Å². The topological polar surface area (TPSA) is 0 Å². The second kappa shape index (κ2) is 7.90. The molecule has 2 aliphatic carbocycles. The Labute approximate surface area is 110 Å². The quantitative estimate of drug-likeness (QED) is 0.502. The third-order valence-electron chi connectivity index (χ3n) is 2.38. The summed E-state index contributed by atoms with van der Waals surface area (Å²) >= 11 is 0. The Morgan fingerprint density at radius 3 is 1.67 bits per heavy atom. The summed E-state index contributed by atoms with van der Waals surface area (Å²) in [5.41, 5.74) is 2.65. The van der Waals surface area contributed by atoms with Gasteiger partial charge in [-0.3, -0.25) is 12.2 Å². The Morgan fingerprint density at radius 1 is 1.00 bits per heavy atom. The van der Waals surface area contributed by atoms with E-state index in [1.165, 1.54) is 11.1 Å². The van der Waals surface area contributed by atoms with Gasteiger partial charge in [-0.15, -0.1) is 12.8 Å². The van der Waals surface area contributed by atoms with Crippen molar-refractivity contribution in [1.29, 1.82) is 0 Å². The first-order valence-electron chi connectivity index (χ1n) is 4.42. The van der Waals surface area contributed by atoms with Crippen molar-refractivity contribution in [3.05, 3.63) is 62.5 Å². The molecular formula is C14H18Ti. The van der Waals surface area contributed by atoms with E-state index in [1.807, 2.05) is 0 Å². The van der Waals surface area contributed by atoms with Crippen LogP contribution in [0.1, 0.15) is 19.8 Å². The summed E-state index contributed by atoms with van der Waals surface area (Å²) < 4.78 is 0. The van der Waals surface area contributed by atoms with E-state index in [0.717, 1.165) is 12.8 Å². The first-order chi connectivity index (χ1) is 5.88. The molecule has 0 aromatic carbocycles. The van der Waals surface area contributed by atoms with E-state index >= 15 is 0 Å². The first-order valence-corrected chi connectivity index (χ1v) is 4.42. The van der Waals surface area contributed by atoms with Gasteiger partial charge >= 0.3 is 21.7 Å². The van der Waals surface area contributed by atoms with Gasteiger partial charge in [0.2, 0.25) is 0 Å². The van der Waals surface area contributed by atoms with Crippen molar-refractivity contribution in [2.75, 3.05) is 0 Å². The minimum absolute atomic E-state index is 0. The van der Waals surface area contributed by atoms with E-state index in [2.05, 4.69) is 43.4 Å². The first kappa shape index (κ1) is 17.1. The molecule has 0 radical (unpaired) electrons. The van der Waals surface area contributed by atoms with Gasteiger partial charge in [0.25, 0.3) is 0 Å². The zero-order valence-corrected chi connectivity index (χ0v) is 11.4. The van der Waals surface area contributed by atoms with E-state index in [1.54, 1.807) is 0 Å². The van der Waals surface area contributed by atoms with Crippen LogP contribution in [0.3, 0.4) is 0 Å². The maximum Gasteiger partial charge on any atom is 4.00 e. The molecule has 0 aliphatic heterocycles. The minimum Gasteiger partial charge on any atom is -0.358 e. The molecule has 0 heterocycles. The number of hydrogen-bond acceptors (Lipinski definition) is 0. The maximum atomic E-state index is 3.34. The normalized spacial score (nSPS) is 16.4. The molecule has 2 rings (SSSR count). The third-order valence-corrected chi connectivity index (χ3v) is 2.38. The maximum absolute atomic E-state index is 3.34. The smallest absolute Gasteiger partial charge is 0.358 e. The van der Waals surface area contributed by atoms with E-state index < -0.39 is 0 Å². The SMILES string of the molecule is CC(C1=[C-]CC=C1)C1=[C-]CC=C1.[CH3-].[CH3-].[Ti+4]. The van der Waals surface area contributed by atoms with Gasteiger partial charge in [0.15, 0.2) is 0 Å². The zero-order valence-electron chi connectivity index (χ0n) is 9.80. The number of rotatable bonds is 2. The van der Waals surface area contributed by atoms with Crippen LogP contribution < -0.4 is 0 Å². The molecule has 0 aromatic heterocycles. The monoisotopic (exact) mass is 234 g/mol. The van der Waals surface area contributed by atoms with Crippen molar-refractivity contribution < 1.29 is 21.7 Å². The molecule has 15 heavy (non-hydrogen) atoms. The van der Waals surface area contributed by atoms with Crippen molar-refractivity contribution in [2.45, 2.75) is 19.8 Å². The van der Waals surface area contributed by atoms with Gasteiger partial charge in [-0.2, -0.15) is 12.2 Å². The van der Waals surface area contributed by atoms with Gasteiger partial charge < -0.3 is 14.9 Å². The summed E-state index contributed by atoms with van der Waals surface area (Å²) in [4.78, 5) is 0. The second-order valence-electron chi connectivity index (χ2n) is 3.20. The Morgan fingerprint density at radius 2 is 1.40 bits per heavy atom. The van der Waals surface area contributed by atoms with Gasteiger partial charge in [-0.25, -0.2) is 23.3 Å².